The molecule has 0 aliphatic rings. The maximum atomic E-state index is 3.25. The standard InChI is InChI=1S/C3H7.C2H5.4CH3.132Y/c1-3-2;1-2;;;;;;;;;;;;;;;;;;;;;;;;;;;;;;;;;;;;;;;;;;;;;;;;;;;;;;;;;;;;;;;;;;;;;;;;;;;;;;;;;;;;;;;;;;;;;;;;;;;;;;;;;;;;;;;;;;;;;;;;;;;;;;;;;;;;;;;;/h3H,1-2H3;1H2,2H3;4*1H3;;;;;;;;;;;;;;;;;;;;;;;;;;;;;;;;;;;;;;;;;;;;;;;;;;;;;;;;;;;;;;;;;;;;;;;;;;;;;;;;;;;;;;;;;;;;;;;;;;;;;;;;;;;;;;;;;;;;;;;;;;;;;;;;;;;;/q6*-1;;;;;;;;;;;;;;;;;;;;;;;;;;;;;;;;;;;;;;;;;;;;;;;;;;;;;;;;;;;;;;;;;;;;;;;;;;;;;;;;;;;;;;;;;;;;;;;;;;;;;;;;;;;;;;;;;;;;;;;;;;;;;;;;;;;;. The normalized spacial score (nSPS) is 0.170. The van der Waals surface area contributed by atoms with Gasteiger partial charge in [0.05, 0.1) is 0 Å². The molecule has 0 spiro atoms. The maximum Gasteiger partial charge on any atom is 0 e. The van der Waals surface area contributed by atoms with Crippen molar-refractivity contribution in [1.82, 2.24) is 0 Å². The van der Waals surface area contributed by atoms with Gasteiger partial charge in [-0.3, -0.25) is 0 Å². The van der Waals surface area contributed by atoms with Crippen molar-refractivity contribution >= 4 is 0 Å². The fraction of sp³-hybridized carbons (Fsp3) is 0.333. The van der Waals surface area contributed by atoms with Crippen molar-refractivity contribution in [3.63, 3.8) is 0 Å². The Hall–Kier alpha value is 146. The topological polar surface area (TPSA) is 0 Å². The van der Waals surface area contributed by atoms with Gasteiger partial charge in [-0.25, -0.2) is 0 Å². The molecule has 0 aliphatic carbocycles. The molecule has 0 rings (SSSR count). The van der Waals surface area contributed by atoms with E-state index in [0.717, 1.165) is 0 Å². The summed E-state index contributed by atoms with van der Waals surface area (Å²) in [4.78, 5) is 0. The molecule has 0 aromatic rings. The van der Waals surface area contributed by atoms with E-state index in [2.05, 4.69) is 6.92 Å². The van der Waals surface area contributed by atoms with Gasteiger partial charge >= 0.3 is 0 Å². The van der Waals surface area contributed by atoms with Gasteiger partial charge in [-0.15, -0.1) is 0 Å². The summed E-state index contributed by atoms with van der Waals surface area (Å²) < 4.78 is 0. The molecule has 0 N–H and O–H groups in total. The summed E-state index contributed by atoms with van der Waals surface area (Å²) in [7, 11) is 0. The molecule has 0 heterocycles. The minimum Gasteiger partial charge on any atom is -0.358 e. The second-order valence-electron chi connectivity index (χ2n) is 0.577. The molecule has 0 saturated heterocycles. The third-order valence-electron chi connectivity index (χ3n) is 0. The average Bonchev–Trinajstić information content (AvgIpc) is 1.46. The van der Waals surface area contributed by atoms with Crippen LogP contribution in [0.4, 0.5) is 0 Å². The molecule has 0 nitrogen and oxygen atoms in total. The summed E-state index contributed by atoms with van der Waals surface area (Å²) in [5, 5.41) is 0. The Labute approximate surface area is 4210 Å². The van der Waals surface area contributed by atoms with Gasteiger partial charge in [-0.2, -0.15) is 20.8 Å². The second kappa shape index (κ2) is 1080. The Morgan fingerprint density at radius 3 is 0.0567 bits per heavy atom. The summed E-state index contributed by atoms with van der Waals surface area (Å²) in [6.07, 6.45) is 2.00. The van der Waals surface area contributed by atoms with Crippen molar-refractivity contribution in [3.8, 4) is 0 Å². The molecular formula is C9H24Y132-6. The van der Waals surface area contributed by atoms with Crippen LogP contribution in [0.25, 0.3) is 0 Å². The van der Waals surface area contributed by atoms with E-state index in [1.165, 1.54) is 0 Å². The van der Waals surface area contributed by atoms with E-state index in [0.29, 0.717) is 0 Å². The Bertz CT molecular complexity index is 48.3. The zero-order valence-corrected chi connectivity index (χ0v) is 459. The molecule has 0 aromatic heterocycles. The first-order valence-corrected chi connectivity index (χ1v) is 1.86. The largest absolute Gasteiger partial charge is 0.358 e. The molecule has 0 atom stereocenters. The van der Waals surface area contributed by atoms with E-state index in [1.54, 1.807) is 6.92 Å². The van der Waals surface area contributed by atoms with Gasteiger partial charge < -0.3 is 43.1 Å². The number of hydrogen-bond acceptors (Lipinski definition) is 0. The monoisotopic (exact) mass is 11900 g/mol. The van der Waals surface area contributed by atoms with Crippen molar-refractivity contribution in [1.29, 1.82) is 0 Å². The van der Waals surface area contributed by atoms with Gasteiger partial charge in [0.15, 0.2) is 0 Å². The van der Waals surface area contributed by atoms with Crippen molar-refractivity contribution in [3.05, 3.63) is 43.1 Å². The molecule has 462 valence electrons. The van der Waals surface area contributed by atoms with Crippen molar-refractivity contribution < 1.29 is 4320 Å². The van der Waals surface area contributed by atoms with Crippen LogP contribution in [-0.2, 0) is 4320 Å². The third kappa shape index (κ3) is 1080. The van der Waals surface area contributed by atoms with Crippen LogP contribution in [-0.4, -0.2) is 0 Å². The van der Waals surface area contributed by atoms with Gasteiger partial charge in [-0.05, 0) is 0 Å². The van der Waals surface area contributed by atoms with Crippen LogP contribution in [0, 0.1) is 43.1 Å². The van der Waals surface area contributed by atoms with E-state index in [4.69, 9.17) is 0 Å². The van der Waals surface area contributed by atoms with Gasteiger partial charge in [-0.1, -0.05) is 0 Å². The van der Waals surface area contributed by atoms with Gasteiger partial charge in [0.2, 0.25) is 0 Å². The van der Waals surface area contributed by atoms with Crippen LogP contribution in [0.2, 0.25) is 0 Å². The molecule has 0 fully saturated rings. The third-order valence-corrected chi connectivity index (χ3v) is 0. The van der Waals surface area contributed by atoms with E-state index in [1.807, 2.05) is 20.3 Å². The Morgan fingerprint density at radius 1 is 0.0567 bits per heavy atom. The second-order valence-corrected chi connectivity index (χ2v) is 0.577. The Morgan fingerprint density at radius 2 is 0.0567 bits per heavy atom. The average molecular weight is 11900 g/mol. The fourth-order valence-corrected chi connectivity index (χ4v) is 0. The van der Waals surface area contributed by atoms with E-state index in [-0.39, 0.29) is 4350 Å². The summed E-state index contributed by atoms with van der Waals surface area (Å²) in [5.41, 5.74) is 0. The van der Waals surface area contributed by atoms with Crippen LogP contribution in [0.3, 0.4) is 0 Å². The first-order chi connectivity index (χ1) is 2.41. The van der Waals surface area contributed by atoms with Crippen LogP contribution in [0.1, 0.15) is 20.8 Å². The molecule has 132 heteroatoms. The summed E-state index contributed by atoms with van der Waals surface area (Å²) in [6.45, 7) is 9.00. The van der Waals surface area contributed by atoms with Gasteiger partial charge in [0, 0.05) is 4320 Å². The minimum absolute atomic E-state index is 0. The van der Waals surface area contributed by atoms with Gasteiger partial charge in [0.25, 0.3) is 0 Å². The molecule has 0 unspecified atom stereocenters. The van der Waals surface area contributed by atoms with E-state index < -0.39 is 0 Å². The smallest absolute Gasteiger partial charge is 0 e. The maximum absolute atomic E-state index is 3.25. The van der Waals surface area contributed by atoms with Crippen molar-refractivity contribution in [2.24, 2.45) is 0 Å². The van der Waals surface area contributed by atoms with Crippen molar-refractivity contribution in [2.45, 2.75) is 20.8 Å². The fourth-order valence-electron chi connectivity index (χ4n) is 0. The summed E-state index contributed by atoms with van der Waals surface area (Å²) in [5.74, 6) is 0. The molecule has 0 bridgehead atoms. The van der Waals surface area contributed by atoms with E-state index in [9.17, 15) is 0 Å². The Kier molecular flexibility index (Phi) is 8080. The Balaban J connectivity index is -0.00000000000478. The zero-order chi connectivity index (χ0) is 4.71. The molecule has 141 heavy (non-hydrogen) atoms. The van der Waals surface area contributed by atoms with Crippen LogP contribution in [0.15, 0.2) is 0 Å². The van der Waals surface area contributed by atoms with Gasteiger partial charge in [0.1, 0.15) is 0 Å². The van der Waals surface area contributed by atoms with Crippen molar-refractivity contribution in [2.75, 3.05) is 0 Å². The molecule has 132 radical (unpaired) electrons. The van der Waals surface area contributed by atoms with Crippen LogP contribution < -0.4 is 0 Å². The summed E-state index contributed by atoms with van der Waals surface area (Å²) in [6, 6.07) is 0. The van der Waals surface area contributed by atoms with E-state index >= 15 is 0 Å². The first-order valence-electron chi connectivity index (χ1n) is 1.86. The molecule has 0 saturated carbocycles. The first kappa shape index (κ1) is 1060. The predicted octanol–water partition coefficient (Wildman–Crippen LogP) is 3.54. The number of hydrogen-bond donors (Lipinski definition) is 0. The van der Waals surface area contributed by atoms with Crippen LogP contribution >= 0.6 is 0 Å². The number of rotatable bonds is 0. The summed E-state index contributed by atoms with van der Waals surface area (Å²) >= 11 is 0. The molecule has 0 aromatic carbocycles. The van der Waals surface area contributed by atoms with Crippen LogP contribution in [0.5, 0.6) is 0 Å². The molecule has 0 aliphatic heterocycles. The molecule has 0 amide bonds. The predicted molar refractivity (Wildman–Crippen MR) is 52.3 cm³/mol. The SMILES string of the molecule is C[CH-]C.[CH2-]C.[CH3-].[CH3-].[CH3-].[CH3-].[Y].[Y].[Y].[Y].[Y].[Y].[Y].[Y].[Y].[Y].[Y].[Y].[Y].[Y].[Y].[Y].[Y].[Y].[Y].[Y].[Y].[Y].[Y].[Y].[Y].[Y].[Y].[Y].[Y].[Y].[Y].[Y].[Y].[Y].[Y].[Y].[Y].[Y].[Y].[Y].[Y].[Y].[Y].[Y].[Y].[Y].[Y].[Y].[Y].[Y].[Y].[Y].[Y].[Y].[Y].[Y].[Y].[Y].[Y].[Y].[Y].[Y].[Y].[Y].[Y].[Y].[Y].[Y].[Y].[Y].[Y].[Y].[Y].[Y].[Y].[Y].[Y].[Y].[Y].[Y].[Y].[Y].[Y].[Y].[Y].[Y].[Y].[Y].[Y].[Y].[Y].[Y].[Y].[Y].[Y].[Y].[Y].[Y].[Y].[Y].[Y].[Y].[Y].[Y].[Y].[Y].[Y].[Y].[Y].[Y].[Y].[Y].[Y].[Y].[Y].[Y].[Y].[Y].[Y].[Y].[Y].[Y].[Y].[Y].[Y].[Y].[Y].[Y].[Y].[Y].[Y].[Y]. The quantitative estimate of drug-likeness (QED) is 0.327. The molecular weight excluding hydrogens is 11800 g/mol. The minimum atomic E-state index is 0. The zero-order valence-electron chi connectivity index (χ0n) is 84.5.